The van der Waals surface area contributed by atoms with Gasteiger partial charge in [-0.05, 0) is 24.3 Å². The second-order valence-corrected chi connectivity index (χ2v) is 6.26. The normalized spacial score (nSPS) is 12.5. The van der Waals surface area contributed by atoms with Crippen LogP contribution in [0.4, 0.5) is 0 Å². The van der Waals surface area contributed by atoms with Crippen molar-refractivity contribution in [3.8, 4) is 0 Å². The Hall–Kier alpha value is -0.940. The van der Waals surface area contributed by atoms with Crippen LogP contribution in [0, 0.1) is 0 Å². The molecule has 0 saturated heterocycles. The fourth-order valence-corrected chi connectivity index (χ4v) is 3.40. The zero-order chi connectivity index (χ0) is 11.9. The van der Waals surface area contributed by atoms with Crippen molar-refractivity contribution in [3.05, 3.63) is 36.7 Å². The SMILES string of the molecule is C[C@@H](CCSc1ccccc1)Sc1ncn[nH]1. The minimum Gasteiger partial charge on any atom is -0.254 e. The molecular weight excluding hydrogens is 250 g/mol. The van der Waals surface area contributed by atoms with E-state index in [0.717, 1.165) is 17.3 Å². The average molecular weight is 265 g/mol. The van der Waals surface area contributed by atoms with E-state index in [1.807, 2.05) is 17.8 Å². The summed E-state index contributed by atoms with van der Waals surface area (Å²) < 4.78 is 0. The van der Waals surface area contributed by atoms with Crippen molar-refractivity contribution in [1.82, 2.24) is 15.2 Å². The van der Waals surface area contributed by atoms with Gasteiger partial charge in [-0.15, -0.1) is 11.8 Å². The molecule has 1 N–H and O–H groups in total. The molecule has 2 rings (SSSR count). The molecule has 0 unspecified atom stereocenters. The zero-order valence-electron chi connectivity index (χ0n) is 9.67. The van der Waals surface area contributed by atoms with Gasteiger partial charge < -0.3 is 0 Å². The summed E-state index contributed by atoms with van der Waals surface area (Å²) in [7, 11) is 0. The van der Waals surface area contributed by atoms with Crippen LogP contribution in [0.2, 0.25) is 0 Å². The lowest BCUT2D eigenvalue weighted by Gasteiger charge is -2.08. The molecule has 0 spiro atoms. The summed E-state index contributed by atoms with van der Waals surface area (Å²) >= 11 is 3.64. The summed E-state index contributed by atoms with van der Waals surface area (Å²) in [6.45, 7) is 2.22. The van der Waals surface area contributed by atoms with Crippen LogP contribution in [-0.2, 0) is 0 Å². The molecular formula is C12H15N3S2. The molecule has 1 aromatic carbocycles. The van der Waals surface area contributed by atoms with Crippen LogP contribution in [0.5, 0.6) is 0 Å². The molecule has 0 amide bonds. The lowest BCUT2D eigenvalue weighted by Crippen LogP contribution is -1.98. The van der Waals surface area contributed by atoms with E-state index in [0.29, 0.717) is 5.25 Å². The Morgan fingerprint density at radius 2 is 2.12 bits per heavy atom. The molecule has 2 aromatic rings. The number of H-pyrrole nitrogens is 1. The Labute approximate surface area is 110 Å². The van der Waals surface area contributed by atoms with Gasteiger partial charge in [-0.3, -0.25) is 5.10 Å². The maximum Gasteiger partial charge on any atom is 0.183 e. The maximum atomic E-state index is 4.11. The first-order valence-corrected chi connectivity index (χ1v) is 7.41. The number of thioether (sulfide) groups is 2. The first-order valence-electron chi connectivity index (χ1n) is 5.54. The van der Waals surface area contributed by atoms with Gasteiger partial charge in [-0.1, -0.05) is 36.9 Å². The second-order valence-electron chi connectivity index (χ2n) is 3.67. The minimum absolute atomic E-state index is 0.555. The number of hydrogen-bond acceptors (Lipinski definition) is 4. The Morgan fingerprint density at radius 3 is 2.82 bits per heavy atom. The summed E-state index contributed by atoms with van der Waals surface area (Å²) in [4.78, 5) is 5.45. The summed E-state index contributed by atoms with van der Waals surface area (Å²) in [5, 5.41) is 8.17. The third-order valence-corrected chi connectivity index (χ3v) is 4.35. The van der Waals surface area contributed by atoms with Crippen LogP contribution in [0.25, 0.3) is 0 Å². The van der Waals surface area contributed by atoms with E-state index >= 15 is 0 Å². The first kappa shape index (κ1) is 12.5. The van der Waals surface area contributed by atoms with Gasteiger partial charge in [0.2, 0.25) is 0 Å². The minimum atomic E-state index is 0.555. The number of rotatable bonds is 6. The predicted octanol–water partition coefficient (Wildman–Crippen LogP) is 3.47. The molecule has 1 atom stereocenters. The van der Waals surface area contributed by atoms with Crippen molar-refractivity contribution in [1.29, 1.82) is 0 Å². The number of hydrogen-bond donors (Lipinski definition) is 1. The third kappa shape index (κ3) is 4.44. The second kappa shape index (κ2) is 6.71. The average Bonchev–Trinajstić information content (AvgIpc) is 2.83. The molecule has 0 fully saturated rings. The number of benzene rings is 1. The molecule has 0 aliphatic carbocycles. The van der Waals surface area contributed by atoms with Gasteiger partial charge in [0.25, 0.3) is 0 Å². The van der Waals surface area contributed by atoms with E-state index in [1.54, 1.807) is 18.1 Å². The summed E-state index contributed by atoms with van der Waals surface area (Å²) in [5.74, 6) is 1.13. The number of nitrogens with zero attached hydrogens (tertiary/aromatic N) is 2. The van der Waals surface area contributed by atoms with Gasteiger partial charge in [0.05, 0.1) is 0 Å². The largest absolute Gasteiger partial charge is 0.254 e. The lowest BCUT2D eigenvalue weighted by atomic mass is 10.4. The van der Waals surface area contributed by atoms with Gasteiger partial charge in [0, 0.05) is 10.1 Å². The van der Waals surface area contributed by atoms with Crippen LogP contribution in [-0.4, -0.2) is 26.2 Å². The maximum absolute atomic E-state index is 4.11. The highest BCUT2D eigenvalue weighted by atomic mass is 32.2. The fourth-order valence-electron chi connectivity index (χ4n) is 1.36. The van der Waals surface area contributed by atoms with Gasteiger partial charge in [0.15, 0.2) is 5.16 Å². The molecule has 5 heteroatoms. The van der Waals surface area contributed by atoms with E-state index in [4.69, 9.17) is 0 Å². The molecule has 0 radical (unpaired) electrons. The highest BCUT2D eigenvalue weighted by Crippen LogP contribution is 2.24. The first-order chi connectivity index (χ1) is 8.34. The summed E-state index contributed by atoms with van der Waals surface area (Å²) in [5.41, 5.74) is 0. The molecule has 0 saturated carbocycles. The fraction of sp³-hybridized carbons (Fsp3) is 0.333. The Bertz CT molecular complexity index is 417. The molecule has 3 nitrogen and oxygen atoms in total. The summed E-state index contributed by atoms with van der Waals surface area (Å²) in [6.07, 6.45) is 2.71. The number of nitrogens with one attached hydrogen (secondary N) is 1. The van der Waals surface area contributed by atoms with E-state index in [-0.39, 0.29) is 0 Å². The van der Waals surface area contributed by atoms with Crippen LogP contribution in [0.15, 0.2) is 46.7 Å². The van der Waals surface area contributed by atoms with Crippen LogP contribution in [0.3, 0.4) is 0 Å². The Balaban J connectivity index is 1.68. The predicted molar refractivity (Wildman–Crippen MR) is 73.5 cm³/mol. The van der Waals surface area contributed by atoms with Gasteiger partial charge in [-0.25, -0.2) is 4.98 Å². The zero-order valence-corrected chi connectivity index (χ0v) is 11.3. The van der Waals surface area contributed by atoms with Crippen LogP contribution in [0.1, 0.15) is 13.3 Å². The molecule has 17 heavy (non-hydrogen) atoms. The smallest absolute Gasteiger partial charge is 0.183 e. The van der Waals surface area contributed by atoms with Crippen molar-refractivity contribution in [2.45, 2.75) is 28.6 Å². The monoisotopic (exact) mass is 265 g/mol. The lowest BCUT2D eigenvalue weighted by molar-refractivity contribution is 0.896. The van der Waals surface area contributed by atoms with Gasteiger partial charge >= 0.3 is 0 Å². The van der Waals surface area contributed by atoms with Crippen molar-refractivity contribution in [2.75, 3.05) is 5.75 Å². The van der Waals surface area contributed by atoms with E-state index in [1.165, 1.54) is 4.90 Å². The van der Waals surface area contributed by atoms with Gasteiger partial charge in [-0.2, -0.15) is 5.10 Å². The number of aromatic nitrogens is 3. The number of aromatic amines is 1. The third-order valence-electron chi connectivity index (χ3n) is 2.24. The van der Waals surface area contributed by atoms with Gasteiger partial charge in [0.1, 0.15) is 6.33 Å². The molecule has 0 aliphatic heterocycles. The Morgan fingerprint density at radius 1 is 1.29 bits per heavy atom. The van der Waals surface area contributed by atoms with Crippen LogP contribution < -0.4 is 0 Å². The highest BCUT2D eigenvalue weighted by Gasteiger charge is 2.06. The van der Waals surface area contributed by atoms with Crippen molar-refractivity contribution in [3.63, 3.8) is 0 Å². The van der Waals surface area contributed by atoms with E-state index < -0.39 is 0 Å². The van der Waals surface area contributed by atoms with Crippen molar-refractivity contribution >= 4 is 23.5 Å². The highest BCUT2D eigenvalue weighted by molar-refractivity contribution is 8.00. The Kier molecular flexibility index (Phi) is 4.94. The topological polar surface area (TPSA) is 41.6 Å². The van der Waals surface area contributed by atoms with Crippen molar-refractivity contribution < 1.29 is 0 Å². The standard InChI is InChI=1S/C12H15N3S2/c1-10(17-12-13-9-14-15-12)7-8-16-11-5-3-2-4-6-11/h2-6,9-10H,7-8H2,1H3,(H,13,14,15)/t10-/m0/s1. The van der Waals surface area contributed by atoms with E-state index in [2.05, 4.69) is 46.4 Å². The van der Waals surface area contributed by atoms with Crippen LogP contribution >= 0.6 is 23.5 Å². The van der Waals surface area contributed by atoms with Crippen molar-refractivity contribution in [2.24, 2.45) is 0 Å². The van der Waals surface area contributed by atoms with E-state index in [9.17, 15) is 0 Å². The molecule has 0 bridgehead atoms. The molecule has 0 aliphatic rings. The molecule has 1 heterocycles. The summed E-state index contributed by atoms with van der Waals surface area (Å²) in [6, 6.07) is 10.5. The molecule has 90 valence electrons. The quantitative estimate of drug-likeness (QED) is 0.812. The molecule has 1 aromatic heterocycles.